The molecule has 0 aliphatic carbocycles. The zero-order chi connectivity index (χ0) is 12.1. The summed E-state index contributed by atoms with van der Waals surface area (Å²) in [6.07, 6.45) is 4.42. The molecule has 0 spiro atoms. The van der Waals surface area contributed by atoms with E-state index in [2.05, 4.69) is 22.0 Å². The largest absolute Gasteiger partial charge is 0.338 e. The normalized spacial score (nSPS) is 20.7. The number of nitrogens with two attached hydrogens (primary N) is 1. The standard InChI is InChI=1S/C12H22N4O.ClH/c1-2-4-11-14-12(17-15-11)9-16-6-3-5-10(7-13)8-16;/h10H,2-9,13H2,1H3;1H. The third kappa shape index (κ3) is 4.23. The molecule has 1 atom stereocenters. The Morgan fingerprint density at radius 1 is 1.50 bits per heavy atom. The van der Waals surface area contributed by atoms with Crippen LogP contribution in [0.3, 0.4) is 0 Å². The second-order valence-electron chi connectivity index (χ2n) is 4.83. The third-order valence-electron chi connectivity index (χ3n) is 3.28. The van der Waals surface area contributed by atoms with Crippen LogP contribution in [0.4, 0.5) is 0 Å². The molecule has 0 amide bonds. The number of hydrogen-bond acceptors (Lipinski definition) is 5. The minimum absolute atomic E-state index is 0. The Bertz CT molecular complexity index is 345. The van der Waals surface area contributed by atoms with Gasteiger partial charge >= 0.3 is 0 Å². The number of halogens is 1. The summed E-state index contributed by atoms with van der Waals surface area (Å²) in [5.41, 5.74) is 5.72. The van der Waals surface area contributed by atoms with Gasteiger partial charge in [-0.3, -0.25) is 4.90 Å². The summed E-state index contributed by atoms with van der Waals surface area (Å²) in [7, 11) is 0. The van der Waals surface area contributed by atoms with Crippen LogP contribution in [-0.4, -0.2) is 34.7 Å². The Kier molecular flexibility index (Phi) is 6.60. The number of piperidine rings is 1. The number of rotatable bonds is 5. The van der Waals surface area contributed by atoms with Gasteiger partial charge in [0.15, 0.2) is 5.82 Å². The van der Waals surface area contributed by atoms with Crippen LogP contribution in [0.5, 0.6) is 0 Å². The van der Waals surface area contributed by atoms with Gasteiger partial charge in [0.25, 0.3) is 0 Å². The highest BCUT2D eigenvalue weighted by molar-refractivity contribution is 5.85. The van der Waals surface area contributed by atoms with Crippen molar-refractivity contribution in [2.75, 3.05) is 19.6 Å². The molecule has 18 heavy (non-hydrogen) atoms. The first-order valence-electron chi connectivity index (χ1n) is 6.55. The number of likely N-dealkylation sites (tertiary alicyclic amines) is 1. The first-order valence-corrected chi connectivity index (χ1v) is 6.55. The van der Waals surface area contributed by atoms with Crippen LogP contribution >= 0.6 is 12.4 Å². The van der Waals surface area contributed by atoms with Crippen LogP contribution in [0.25, 0.3) is 0 Å². The number of nitrogens with zero attached hydrogens (tertiary/aromatic N) is 3. The average Bonchev–Trinajstić information content (AvgIpc) is 2.77. The van der Waals surface area contributed by atoms with Crippen molar-refractivity contribution in [1.29, 1.82) is 0 Å². The molecule has 0 radical (unpaired) electrons. The van der Waals surface area contributed by atoms with Crippen LogP contribution in [0.15, 0.2) is 4.52 Å². The molecule has 1 aromatic rings. The second kappa shape index (κ2) is 7.71. The molecule has 2 heterocycles. The molecule has 0 bridgehead atoms. The molecule has 1 fully saturated rings. The molecular weight excluding hydrogens is 252 g/mol. The minimum Gasteiger partial charge on any atom is -0.338 e. The van der Waals surface area contributed by atoms with Crippen LogP contribution < -0.4 is 5.73 Å². The van der Waals surface area contributed by atoms with Crippen molar-refractivity contribution in [2.45, 2.75) is 39.2 Å². The molecule has 1 aromatic heterocycles. The molecule has 1 aliphatic rings. The van der Waals surface area contributed by atoms with Crippen molar-refractivity contribution in [3.63, 3.8) is 0 Å². The van der Waals surface area contributed by atoms with Gasteiger partial charge in [0.2, 0.25) is 5.89 Å². The fraction of sp³-hybridized carbons (Fsp3) is 0.833. The number of aromatic nitrogens is 2. The summed E-state index contributed by atoms with van der Waals surface area (Å²) in [5.74, 6) is 2.20. The van der Waals surface area contributed by atoms with Gasteiger partial charge in [-0.05, 0) is 38.3 Å². The van der Waals surface area contributed by atoms with E-state index in [4.69, 9.17) is 10.3 Å². The van der Waals surface area contributed by atoms with Gasteiger partial charge in [0.1, 0.15) is 0 Å². The monoisotopic (exact) mass is 274 g/mol. The van der Waals surface area contributed by atoms with E-state index in [1.54, 1.807) is 0 Å². The van der Waals surface area contributed by atoms with E-state index < -0.39 is 0 Å². The van der Waals surface area contributed by atoms with Gasteiger partial charge in [-0.1, -0.05) is 12.1 Å². The van der Waals surface area contributed by atoms with E-state index in [9.17, 15) is 0 Å². The van der Waals surface area contributed by atoms with Gasteiger partial charge in [-0.2, -0.15) is 4.98 Å². The van der Waals surface area contributed by atoms with Crippen LogP contribution in [0.1, 0.15) is 37.9 Å². The first-order chi connectivity index (χ1) is 8.31. The van der Waals surface area contributed by atoms with Gasteiger partial charge in [-0.25, -0.2) is 0 Å². The van der Waals surface area contributed by atoms with E-state index >= 15 is 0 Å². The van der Waals surface area contributed by atoms with Crippen molar-refractivity contribution in [3.05, 3.63) is 11.7 Å². The predicted molar refractivity (Wildman–Crippen MR) is 72.6 cm³/mol. The minimum atomic E-state index is 0. The van der Waals surface area contributed by atoms with Crippen LogP contribution in [0.2, 0.25) is 0 Å². The van der Waals surface area contributed by atoms with Crippen molar-refractivity contribution in [2.24, 2.45) is 11.7 Å². The van der Waals surface area contributed by atoms with Crippen molar-refractivity contribution in [1.82, 2.24) is 15.0 Å². The fourth-order valence-electron chi connectivity index (χ4n) is 2.36. The maximum Gasteiger partial charge on any atom is 0.240 e. The highest BCUT2D eigenvalue weighted by Crippen LogP contribution is 2.17. The average molecular weight is 275 g/mol. The van der Waals surface area contributed by atoms with Gasteiger partial charge in [0.05, 0.1) is 6.54 Å². The predicted octanol–water partition coefficient (Wildman–Crippen LogP) is 1.61. The summed E-state index contributed by atoms with van der Waals surface area (Å²) in [4.78, 5) is 6.76. The first kappa shape index (κ1) is 15.4. The van der Waals surface area contributed by atoms with Gasteiger partial charge in [-0.15, -0.1) is 12.4 Å². The molecule has 5 nitrogen and oxygen atoms in total. The lowest BCUT2D eigenvalue weighted by Crippen LogP contribution is -2.37. The summed E-state index contributed by atoms with van der Waals surface area (Å²) < 4.78 is 5.25. The second-order valence-corrected chi connectivity index (χ2v) is 4.83. The number of hydrogen-bond donors (Lipinski definition) is 1. The lowest BCUT2D eigenvalue weighted by atomic mass is 9.98. The smallest absolute Gasteiger partial charge is 0.240 e. The Balaban J connectivity index is 0.00000162. The van der Waals surface area contributed by atoms with E-state index in [0.717, 1.165) is 50.7 Å². The molecular formula is C12H23ClN4O. The zero-order valence-electron chi connectivity index (χ0n) is 11.0. The van der Waals surface area contributed by atoms with Crippen molar-refractivity contribution >= 4 is 12.4 Å². The molecule has 0 saturated carbocycles. The Morgan fingerprint density at radius 3 is 3.06 bits per heavy atom. The summed E-state index contributed by atoms with van der Waals surface area (Å²) in [6, 6.07) is 0. The lowest BCUT2D eigenvalue weighted by Gasteiger charge is -2.30. The molecule has 1 unspecified atom stereocenters. The van der Waals surface area contributed by atoms with E-state index in [-0.39, 0.29) is 12.4 Å². The van der Waals surface area contributed by atoms with Gasteiger partial charge < -0.3 is 10.3 Å². The fourth-order valence-corrected chi connectivity index (χ4v) is 2.36. The van der Waals surface area contributed by atoms with Crippen molar-refractivity contribution in [3.8, 4) is 0 Å². The maximum absolute atomic E-state index is 5.72. The SMILES string of the molecule is CCCc1noc(CN2CCCC(CN)C2)n1.Cl. The molecule has 104 valence electrons. The lowest BCUT2D eigenvalue weighted by molar-refractivity contribution is 0.153. The molecule has 0 aromatic carbocycles. The Hall–Kier alpha value is -0.650. The molecule has 2 N–H and O–H groups in total. The summed E-state index contributed by atoms with van der Waals surface area (Å²) in [6.45, 7) is 5.84. The highest BCUT2D eigenvalue weighted by atomic mass is 35.5. The summed E-state index contributed by atoms with van der Waals surface area (Å²) >= 11 is 0. The highest BCUT2D eigenvalue weighted by Gasteiger charge is 2.20. The Morgan fingerprint density at radius 2 is 2.33 bits per heavy atom. The van der Waals surface area contributed by atoms with Gasteiger partial charge in [0, 0.05) is 13.0 Å². The molecule has 1 saturated heterocycles. The van der Waals surface area contributed by atoms with E-state index in [1.165, 1.54) is 12.8 Å². The molecule has 1 aliphatic heterocycles. The number of aryl methyl sites for hydroxylation is 1. The summed E-state index contributed by atoms with van der Waals surface area (Å²) in [5, 5.41) is 3.97. The quantitative estimate of drug-likeness (QED) is 0.884. The van der Waals surface area contributed by atoms with Crippen molar-refractivity contribution < 1.29 is 4.52 Å². The molecule has 6 heteroatoms. The zero-order valence-corrected chi connectivity index (χ0v) is 11.8. The maximum atomic E-state index is 5.72. The topological polar surface area (TPSA) is 68.2 Å². The molecule has 2 rings (SSSR count). The van der Waals surface area contributed by atoms with E-state index in [1.807, 2.05) is 0 Å². The van der Waals surface area contributed by atoms with Crippen LogP contribution in [-0.2, 0) is 13.0 Å². The van der Waals surface area contributed by atoms with Crippen LogP contribution in [0, 0.1) is 5.92 Å². The third-order valence-corrected chi connectivity index (χ3v) is 3.28. The van der Waals surface area contributed by atoms with E-state index in [0.29, 0.717) is 5.92 Å². The Labute approximate surface area is 115 Å².